The number of furan rings is 1. The van der Waals surface area contributed by atoms with Crippen LogP contribution in [0.2, 0.25) is 0 Å². The molecule has 1 unspecified atom stereocenters. The maximum absolute atomic E-state index is 12.8. The Morgan fingerprint density at radius 3 is 2.77 bits per heavy atom. The molecule has 4 heteroatoms. The molecule has 2 aliphatic heterocycles. The molecular formula is C18H22N2O2. The van der Waals surface area contributed by atoms with E-state index in [1.54, 1.807) is 6.26 Å². The summed E-state index contributed by atoms with van der Waals surface area (Å²) in [6.07, 6.45) is 6.42. The standard InChI is InChI=1S/C18H22N2O2/c21-18(15-12-22-17-6-2-1-4-14(15)17)20-10-7-13(8-11-20)16-5-3-9-19-16/h1-2,4,6,12-13,16,19H,3,5,7-11H2. The Labute approximate surface area is 130 Å². The zero-order valence-electron chi connectivity index (χ0n) is 12.8. The summed E-state index contributed by atoms with van der Waals surface area (Å²) in [6, 6.07) is 8.42. The molecule has 0 spiro atoms. The van der Waals surface area contributed by atoms with Crippen molar-refractivity contribution < 1.29 is 9.21 Å². The van der Waals surface area contributed by atoms with Crippen LogP contribution in [0.3, 0.4) is 0 Å². The molecule has 3 heterocycles. The van der Waals surface area contributed by atoms with Gasteiger partial charge >= 0.3 is 0 Å². The van der Waals surface area contributed by atoms with Crippen LogP contribution in [0.1, 0.15) is 36.0 Å². The van der Waals surface area contributed by atoms with E-state index in [1.165, 1.54) is 12.8 Å². The predicted molar refractivity (Wildman–Crippen MR) is 85.9 cm³/mol. The minimum absolute atomic E-state index is 0.114. The first-order chi connectivity index (χ1) is 10.8. The van der Waals surface area contributed by atoms with Gasteiger partial charge in [-0.3, -0.25) is 4.79 Å². The molecule has 1 N–H and O–H groups in total. The van der Waals surface area contributed by atoms with Crippen LogP contribution in [0.4, 0.5) is 0 Å². The normalized spacial score (nSPS) is 23.3. The highest BCUT2D eigenvalue weighted by atomic mass is 16.3. The lowest BCUT2D eigenvalue weighted by Crippen LogP contribution is -2.43. The van der Waals surface area contributed by atoms with Gasteiger partial charge in [0.2, 0.25) is 0 Å². The highest BCUT2D eigenvalue weighted by Gasteiger charge is 2.30. The monoisotopic (exact) mass is 298 g/mol. The fourth-order valence-corrected chi connectivity index (χ4v) is 3.93. The smallest absolute Gasteiger partial charge is 0.257 e. The molecule has 4 nitrogen and oxygen atoms in total. The third kappa shape index (κ3) is 2.41. The van der Waals surface area contributed by atoms with Gasteiger partial charge in [0.05, 0.1) is 5.56 Å². The lowest BCUT2D eigenvalue weighted by atomic mass is 9.88. The average molecular weight is 298 g/mol. The SMILES string of the molecule is O=C(c1coc2ccccc12)N1CCC(C2CCCN2)CC1. The van der Waals surface area contributed by atoms with Gasteiger partial charge < -0.3 is 14.6 Å². The van der Waals surface area contributed by atoms with Crippen molar-refractivity contribution in [3.8, 4) is 0 Å². The molecule has 2 aliphatic rings. The third-order valence-corrected chi connectivity index (χ3v) is 5.21. The maximum atomic E-state index is 12.8. The largest absolute Gasteiger partial charge is 0.463 e. The van der Waals surface area contributed by atoms with Crippen molar-refractivity contribution in [3.63, 3.8) is 0 Å². The number of carbonyl (C=O) groups excluding carboxylic acids is 1. The fourth-order valence-electron chi connectivity index (χ4n) is 3.93. The number of fused-ring (bicyclic) bond motifs is 1. The number of nitrogens with one attached hydrogen (secondary N) is 1. The van der Waals surface area contributed by atoms with E-state index in [4.69, 9.17) is 4.42 Å². The number of carbonyl (C=O) groups is 1. The van der Waals surface area contributed by atoms with Crippen LogP contribution in [0.25, 0.3) is 11.0 Å². The molecule has 1 aromatic carbocycles. The van der Waals surface area contributed by atoms with Gasteiger partial charge in [-0.2, -0.15) is 0 Å². The Morgan fingerprint density at radius 1 is 1.18 bits per heavy atom. The van der Waals surface area contributed by atoms with Gasteiger partial charge in [0.15, 0.2) is 0 Å². The van der Waals surface area contributed by atoms with Gasteiger partial charge in [-0.1, -0.05) is 18.2 Å². The third-order valence-electron chi connectivity index (χ3n) is 5.21. The second-order valence-electron chi connectivity index (χ2n) is 6.48. The lowest BCUT2D eigenvalue weighted by Gasteiger charge is -2.34. The summed E-state index contributed by atoms with van der Waals surface area (Å²) in [5, 5.41) is 4.53. The van der Waals surface area contributed by atoms with Gasteiger partial charge in [-0.15, -0.1) is 0 Å². The number of likely N-dealkylation sites (tertiary alicyclic amines) is 1. The zero-order chi connectivity index (χ0) is 14.9. The Kier molecular flexibility index (Phi) is 3.62. The van der Waals surface area contributed by atoms with Crippen molar-refractivity contribution in [1.29, 1.82) is 0 Å². The molecule has 2 aromatic rings. The Hall–Kier alpha value is -1.81. The summed E-state index contributed by atoms with van der Waals surface area (Å²) < 4.78 is 5.51. The Morgan fingerprint density at radius 2 is 2.00 bits per heavy atom. The maximum Gasteiger partial charge on any atom is 0.257 e. The fraction of sp³-hybridized carbons (Fsp3) is 0.500. The number of piperidine rings is 1. The van der Waals surface area contributed by atoms with Crippen LogP contribution in [-0.4, -0.2) is 36.5 Å². The molecule has 2 saturated heterocycles. The van der Waals surface area contributed by atoms with E-state index in [0.29, 0.717) is 11.6 Å². The summed E-state index contributed by atoms with van der Waals surface area (Å²) in [4.78, 5) is 14.7. The predicted octanol–water partition coefficient (Wildman–Crippen LogP) is 3.04. The molecular weight excluding hydrogens is 276 g/mol. The summed E-state index contributed by atoms with van der Waals surface area (Å²) in [5.74, 6) is 0.843. The molecule has 22 heavy (non-hydrogen) atoms. The minimum Gasteiger partial charge on any atom is -0.463 e. The van der Waals surface area contributed by atoms with Crippen LogP contribution < -0.4 is 5.32 Å². The van der Waals surface area contributed by atoms with Crippen LogP contribution in [0.5, 0.6) is 0 Å². The summed E-state index contributed by atoms with van der Waals surface area (Å²) in [6.45, 7) is 2.88. The Bertz CT molecular complexity index is 665. The van der Waals surface area contributed by atoms with Crippen molar-refractivity contribution in [2.75, 3.05) is 19.6 Å². The molecule has 0 saturated carbocycles. The molecule has 4 rings (SSSR count). The molecule has 116 valence electrons. The van der Waals surface area contributed by atoms with Crippen molar-refractivity contribution in [1.82, 2.24) is 10.2 Å². The van der Waals surface area contributed by atoms with Crippen LogP contribution in [0, 0.1) is 5.92 Å². The van der Waals surface area contributed by atoms with Gasteiger partial charge in [0, 0.05) is 24.5 Å². The number of hydrogen-bond acceptors (Lipinski definition) is 3. The molecule has 2 fully saturated rings. The van der Waals surface area contributed by atoms with Crippen LogP contribution in [0.15, 0.2) is 34.9 Å². The minimum atomic E-state index is 0.114. The average Bonchev–Trinajstić information content (AvgIpc) is 3.24. The molecule has 0 radical (unpaired) electrons. The first-order valence-electron chi connectivity index (χ1n) is 8.32. The number of rotatable bonds is 2. The Balaban J connectivity index is 1.45. The van der Waals surface area contributed by atoms with Gasteiger partial charge in [0.25, 0.3) is 5.91 Å². The van der Waals surface area contributed by atoms with Crippen molar-refractivity contribution in [2.24, 2.45) is 5.92 Å². The van der Waals surface area contributed by atoms with E-state index >= 15 is 0 Å². The first kappa shape index (κ1) is 13.8. The van der Waals surface area contributed by atoms with E-state index < -0.39 is 0 Å². The number of para-hydroxylation sites is 1. The summed E-state index contributed by atoms with van der Waals surface area (Å²) in [7, 11) is 0. The second kappa shape index (κ2) is 5.76. The van der Waals surface area contributed by atoms with E-state index in [-0.39, 0.29) is 5.91 Å². The van der Waals surface area contributed by atoms with E-state index in [0.717, 1.165) is 49.4 Å². The van der Waals surface area contributed by atoms with E-state index in [9.17, 15) is 4.79 Å². The second-order valence-corrected chi connectivity index (χ2v) is 6.48. The van der Waals surface area contributed by atoms with E-state index in [1.807, 2.05) is 29.2 Å². The van der Waals surface area contributed by atoms with Crippen molar-refractivity contribution in [2.45, 2.75) is 31.7 Å². The molecule has 0 bridgehead atoms. The molecule has 0 aliphatic carbocycles. The van der Waals surface area contributed by atoms with Crippen LogP contribution >= 0.6 is 0 Å². The van der Waals surface area contributed by atoms with E-state index in [2.05, 4.69) is 5.32 Å². The van der Waals surface area contributed by atoms with Crippen LogP contribution in [-0.2, 0) is 0 Å². The van der Waals surface area contributed by atoms with Gasteiger partial charge in [-0.05, 0) is 44.2 Å². The molecule has 1 aromatic heterocycles. The number of hydrogen-bond donors (Lipinski definition) is 1. The highest BCUT2D eigenvalue weighted by molar-refractivity contribution is 6.05. The lowest BCUT2D eigenvalue weighted by molar-refractivity contribution is 0.0675. The number of amides is 1. The van der Waals surface area contributed by atoms with Crippen molar-refractivity contribution >= 4 is 16.9 Å². The number of benzene rings is 1. The summed E-state index contributed by atoms with van der Waals surface area (Å²) >= 11 is 0. The van der Waals surface area contributed by atoms with Gasteiger partial charge in [-0.25, -0.2) is 0 Å². The number of nitrogens with zero attached hydrogens (tertiary/aromatic N) is 1. The molecule has 1 amide bonds. The zero-order valence-corrected chi connectivity index (χ0v) is 12.8. The first-order valence-corrected chi connectivity index (χ1v) is 8.32. The topological polar surface area (TPSA) is 45.5 Å². The summed E-state index contributed by atoms with van der Waals surface area (Å²) in [5.41, 5.74) is 1.49. The highest BCUT2D eigenvalue weighted by Crippen LogP contribution is 2.28. The quantitative estimate of drug-likeness (QED) is 0.927. The van der Waals surface area contributed by atoms with Gasteiger partial charge in [0.1, 0.15) is 11.8 Å². The molecule has 1 atom stereocenters. The van der Waals surface area contributed by atoms with Crippen molar-refractivity contribution in [3.05, 3.63) is 36.1 Å².